The fraction of sp³-hybridized carbons (Fsp3) is 0.400. The molecule has 1 aromatic heterocycles. The molecule has 68 valence electrons. The van der Waals surface area contributed by atoms with Gasteiger partial charge in [-0.2, -0.15) is 5.26 Å². The molecule has 0 spiro atoms. The van der Waals surface area contributed by atoms with E-state index in [9.17, 15) is 4.39 Å². The number of pyridine rings is 1. The third-order valence-corrected chi connectivity index (χ3v) is 2.07. The van der Waals surface area contributed by atoms with E-state index in [0.717, 1.165) is 6.42 Å². The normalized spacial score (nSPS) is 12.2. The molecule has 0 aliphatic rings. The van der Waals surface area contributed by atoms with Gasteiger partial charge in [-0.3, -0.25) is 0 Å². The Morgan fingerprint density at radius 1 is 1.62 bits per heavy atom. The minimum Gasteiger partial charge on any atom is -0.239 e. The zero-order valence-corrected chi connectivity index (χ0v) is 7.71. The molecular weight excluding hydrogens is 167 g/mol. The SMILES string of the molecule is CCC(C)c1nc(C#N)ccc1F. The number of aromatic nitrogens is 1. The molecule has 2 nitrogen and oxygen atoms in total. The largest absolute Gasteiger partial charge is 0.239 e. The maximum absolute atomic E-state index is 13.2. The molecule has 0 aromatic carbocycles. The molecule has 1 unspecified atom stereocenters. The van der Waals surface area contributed by atoms with Crippen LogP contribution in [0.15, 0.2) is 12.1 Å². The zero-order chi connectivity index (χ0) is 9.84. The molecule has 0 fully saturated rings. The van der Waals surface area contributed by atoms with Crippen LogP contribution in [0.25, 0.3) is 0 Å². The second-order valence-corrected chi connectivity index (χ2v) is 2.98. The quantitative estimate of drug-likeness (QED) is 0.698. The number of halogens is 1. The number of hydrogen-bond acceptors (Lipinski definition) is 2. The van der Waals surface area contributed by atoms with Crippen LogP contribution in [0.5, 0.6) is 0 Å². The molecular formula is C10H11FN2. The number of hydrogen-bond donors (Lipinski definition) is 0. The Hall–Kier alpha value is -1.43. The lowest BCUT2D eigenvalue weighted by Crippen LogP contribution is -2.01. The van der Waals surface area contributed by atoms with Gasteiger partial charge in [0.05, 0.1) is 5.69 Å². The van der Waals surface area contributed by atoms with E-state index < -0.39 is 0 Å². The summed E-state index contributed by atoms with van der Waals surface area (Å²) >= 11 is 0. The van der Waals surface area contributed by atoms with Crippen molar-refractivity contribution >= 4 is 0 Å². The van der Waals surface area contributed by atoms with Gasteiger partial charge in [0.2, 0.25) is 0 Å². The summed E-state index contributed by atoms with van der Waals surface area (Å²) in [5.74, 6) is -0.262. The molecule has 1 heterocycles. The van der Waals surface area contributed by atoms with Crippen LogP contribution in [0.2, 0.25) is 0 Å². The molecule has 13 heavy (non-hydrogen) atoms. The summed E-state index contributed by atoms with van der Waals surface area (Å²) in [5, 5.41) is 8.57. The fourth-order valence-corrected chi connectivity index (χ4v) is 1.06. The minimum atomic E-state index is -0.326. The van der Waals surface area contributed by atoms with Crippen LogP contribution in [0.4, 0.5) is 4.39 Å². The Morgan fingerprint density at radius 2 is 2.31 bits per heavy atom. The van der Waals surface area contributed by atoms with E-state index in [1.165, 1.54) is 12.1 Å². The predicted molar refractivity (Wildman–Crippen MR) is 47.6 cm³/mol. The van der Waals surface area contributed by atoms with Crippen molar-refractivity contribution in [3.63, 3.8) is 0 Å². The van der Waals surface area contributed by atoms with Crippen LogP contribution in [-0.2, 0) is 0 Å². The number of rotatable bonds is 2. The Kier molecular flexibility index (Phi) is 2.97. The van der Waals surface area contributed by atoms with Crippen LogP contribution in [0.1, 0.15) is 37.6 Å². The first-order valence-corrected chi connectivity index (χ1v) is 4.25. The summed E-state index contributed by atoms with van der Waals surface area (Å²) < 4.78 is 13.2. The van der Waals surface area contributed by atoms with Crippen LogP contribution < -0.4 is 0 Å². The predicted octanol–water partition coefficient (Wildman–Crippen LogP) is 2.61. The van der Waals surface area contributed by atoms with E-state index in [1.54, 1.807) is 0 Å². The molecule has 0 amide bonds. The highest BCUT2D eigenvalue weighted by Gasteiger charge is 2.11. The molecule has 0 bridgehead atoms. The standard InChI is InChI=1S/C10H11FN2/c1-3-7(2)10-9(11)5-4-8(6-12)13-10/h4-5,7H,3H2,1-2H3. The van der Waals surface area contributed by atoms with Crippen molar-refractivity contribution in [2.24, 2.45) is 0 Å². The average Bonchev–Trinajstić information content (AvgIpc) is 2.17. The summed E-state index contributed by atoms with van der Waals surface area (Å²) in [6.07, 6.45) is 0.818. The number of nitriles is 1. The van der Waals surface area contributed by atoms with Gasteiger partial charge < -0.3 is 0 Å². The third kappa shape index (κ3) is 2.03. The summed E-state index contributed by atoms with van der Waals surface area (Å²) in [7, 11) is 0. The molecule has 0 N–H and O–H groups in total. The molecule has 1 rings (SSSR count). The van der Waals surface area contributed by atoms with Crippen molar-refractivity contribution in [1.82, 2.24) is 4.98 Å². The van der Waals surface area contributed by atoms with Crippen molar-refractivity contribution in [2.75, 3.05) is 0 Å². The molecule has 0 aliphatic heterocycles. The molecule has 1 atom stereocenters. The maximum atomic E-state index is 13.2. The molecule has 3 heteroatoms. The van der Waals surface area contributed by atoms with E-state index in [1.807, 2.05) is 19.9 Å². The monoisotopic (exact) mass is 178 g/mol. The Bertz CT molecular complexity index is 341. The number of nitrogens with zero attached hydrogens (tertiary/aromatic N) is 2. The third-order valence-electron chi connectivity index (χ3n) is 2.07. The average molecular weight is 178 g/mol. The molecule has 1 aromatic rings. The van der Waals surface area contributed by atoms with Gasteiger partial charge in [0.1, 0.15) is 17.6 Å². The zero-order valence-electron chi connectivity index (χ0n) is 7.71. The van der Waals surface area contributed by atoms with Crippen LogP contribution in [-0.4, -0.2) is 4.98 Å². The molecule has 0 aliphatic carbocycles. The lowest BCUT2D eigenvalue weighted by molar-refractivity contribution is 0.567. The Balaban J connectivity index is 3.12. The second kappa shape index (κ2) is 3.99. The van der Waals surface area contributed by atoms with Crippen molar-refractivity contribution in [3.05, 3.63) is 29.3 Å². The van der Waals surface area contributed by atoms with Gasteiger partial charge in [-0.1, -0.05) is 13.8 Å². The van der Waals surface area contributed by atoms with Crippen molar-refractivity contribution in [1.29, 1.82) is 5.26 Å². The van der Waals surface area contributed by atoms with E-state index in [0.29, 0.717) is 5.69 Å². The van der Waals surface area contributed by atoms with E-state index in [-0.39, 0.29) is 17.4 Å². The van der Waals surface area contributed by atoms with Gasteiger partial charge in [-0.15, -0.1) is 0 Å². The van der Waals surface area contributed by atoms with Gasteiger partial charge in [-0.25, -0.2) is 9.37 Å². The van der Waals surface area contributed by atoms with Crippen LogP contribution >= 0.6 is 0 Å². The van der Waals surface area contributed by atoms with Crippen molar-refractivity contribution < 1.29 is 4.39 Å². The van der Waals surface area contributed by atoms with E-state index in [2.05, 4.69) is 4.98 Å². The van der Waals surface area contributed by atoms with Gasteiger partial charge in [-0.05, 0) is 18.6 Å². The molecule has 0 saturated heterocycles. The Morgan fingerprint density at radius 3 is 2.85 bits per heavy atom. The lowest BCUT2D eigenvalue weighted by Gasteiger charge is -2.08. The topological polar surface area (TPSA) is 36.7 Å². The highest BCUT2D eigenvalue weighted by atomic mass is 19.1. The fourth-order valence-electron chi connectivity index (χ4n) is 1.06. The van der Waals surface area contributed by atoms with Crippen molar-refractivity contribution in [2.45, 2.75) is 26.2 Å². The second-order valence-electron chi connectivity index (χ2n) is 2.98. The molecule has 0 radical (unpaired) electrons. The van der Waals surface area contributed by atoms with Crippen LogP contribution in [0, 0.1) is 17.1 Å². The summed E-state index contributed by atoms with van der Waals surface area (Å²) in [4.78, 5) is 3.93. The Labute approximate surface area is 77.0 Å². The van der Waals surface area contributed by atoms with E-state index in [4.69, 9.17) is 5.26 Å². The summed E-state index contributed by atoms with van der Waals surface area (Å²) in [6.45, 7) is 3.86. The lowest BCUT2D eigenvalue weighted by atomic mass is 10.0. The van der Waals surface area contributed by atoms with Crippen molar-refractivity contribution in [3.8, 4) is 6.07 Å². The van der Waals surface area contributed by atoms with Gasteiger partial charge in [0.25, 0.3) is 0 Å². The first-order valence-electron chi connectivity index (χ1n) is 4.25. The molecule has 0 saturated carbocycles. The summed E-state index contributed by atoms with van der Waals surface area (Å²) in [5.41, 5.74) is 0.665. The highest BCUT2D eigenvalue weighted by Crippen LogP contribution is 2.19. The van der Waals surface area contributed by atoms with Gasteiger partial charge >= 0.3 is 0 Å². The van der Waals surface area contributed by atoms with Crippen LogP contribution in [0.3, 0.4) is 0 Å². The maximum Gasteiger partial charge on any atom is 0.145 e. The van der Waals surface area contributed by atoms with Gasteiger partial charge in [0.15, 0.2) is 0 Å². The smallest absolute Gasteiger partial charge is 0.145 e. The summed E-state index contributed by atoms with van der Waals surface area (Å²) in [6, 6.07) is 4.58. The van der Waals surface area contributed by atoms with E-state index >= 15 is 0 Å². The first kappa shape index (κ1) is 9.66. The minimum absolute atomic E-state index is 0.0632. The first-order chi connectivity index (χ1) is 6.19. The highest BCUT2D eigenvalue weighted by molar-refractivity contribution is 5.24. The van der Waals surface area contributed by atoms with Gasteiger partial charge in [0, 0.05) is 5.92 Å².